The Morgan fingerprint density at radius 1 is 0.679 bits per heavy atom. The van der Waals surface area contributed by atoms with Crippen LogP contribution >= 0.6 is 0 Å². The van der Waals surface area contributed by atoms with Gasteiger partial charge in [0.05, 0.1) is 37.6 Å². The van der Waals surface area contributed by atoms with Gasteiger partial charge in [-0.25, -0.2) is 9.59 Å². The van der Waals surface area contributed by atoms with Crippen molar-refractivity contribution in [2.24, 2.45) is 0 Å². The molecule has 0 radical (unpaired) electrons. The summed E-state index contributed by atoms with van der Waals surface area (Å²) in [6, 6.07) is 2.56. The van der Waals surface area contributed by atoms with Gasteiger partial charge >= 0.3 is 11.9 Å². The fourth-order valence-electron chi connectivity index (χ4n) is 2.35. The molecule has 0 aromatic heterocycles. The monoisotopic (exact) mass is 402 g/mol. The van der Waals surface area contributed by atoms with E-state index in [0.717, 1.165) is 6.07 Å². The van der Waals surface area contributed by atoms with Gasteiger partial charge in [-0.3, -0.25) is 0 Å². The summed E-state index contributed by atoms with van der Waals surface area (Å²) in [6.07, 6.45) is 1.03. The lowest BCUT2D eigenvalue weighted by atomic mass is 9.98. The van der Waals surface area contributed by atoms with Gasteiger partial charge in [0.2, 0.25) is 0 Å². The van der Waals surface area contributed by atoms with Gasteiger partial charge < -0.3 is 39.4 Å². The first-order valence-electron chi connectivity index (χ1n) is 8.66. The molecule has 0 bridgehead atoms. The third-order valence-corrected chi connectivity index (χ3v) is 3.64. The van der Waals surface area contributed by atoms with Crippen molar-refractivity contribution in [3.63, 3.8) is 0 Å². The third-order valence-electron chi connectivity index (χ3n) is 3.64. The number of carbonyl (C=O) groups is 2. The molecule has 28 heavy (non-hydrogen) atoms. The normalized spacial score (nSPS) is 10.9. The number of rotatable bonds is 16. The molecule has 0 heterocycles. The van der Waals surface area contributed by atoms with Crippen molar-refractivity contribution in [3.8, 4) is 0 Å². The van der Waals surface area contributed by atoms with Crippen molar-refractivity contribution in [1.29, 1.82) is 0 Å². The Balaban J connectivity index is 2.79. The molecule has 0 spiro atoms. The molecule has 10 heteroatoms. The van der Waals surface area contributed by atoms with Crippen molar-refractivity contribution in [3.05, 3.63) is 34.4 Å². The Kier molecular flexibility index (Phi) is 12.0. The van der Waals surface area contributed by atoms with Gasteiger partial charge in [-0.2, -0.15) is 0 Å². The van der Waals surface area contributed by atoms with E-state index in [1.807, 2.05) is 0 Å². The number of aliphatic hydroxyl groups is 2. The maximum Gasteiger partial charge on any atom is 0.336 e. The minimum absolute atomic E-state index is 0.0159. The van der Waals surface area contributed by atoms with Gasteiger partial charge in [0.15, 0.2) is 0 Å². The summed E-state index contributed by atoms with van der Waals surface area (Å²) in [6.45, 7) is 0.395. The summed E-state index contributed by atoms with van der Waals surface area (Å²) >= 11 is 0. The van der Waals surface area contributed by atoms with E-state index in [4.69, 9.17) is 29.2 Å². The van der Waals surface area contributed by atoms with E-state index in [2.05, 4.69) is 0 Å². The van der Waals surface area contributed by atoms with E-state index in [1.165, 1.54) is 6.07 Å². The molecule has 4 N–H and O–H groups in total. The summed E-state index contributed by atoms with van der Waals surface area (Å²) in [7, 11) is 0. The Hall–Kier alpha value is -2.08. The van der Waals surface area contributed by atoms with E-state index in [-0.39, 0.29) is 51.1 Å². The highest BCUT2D eigenvalue weighted by molar-refractivity contribution is 5.96. The first kappa shape index (κ1) is 24.0. The molecule has 0 amide bonds. The molecule has 0 aliphatic rings. The maximum absolute atomic E-state index is 11.5. The first-order valence-corrected chi connectivity index (χ1v) is 8.66. The fourth-order valence-corrected chi connectivity index (χ4v) is 2.35. The van der Waals surface area contributed by atoms with Crippen LogP contribution in [0.5, 0.6) is 0 Å². The SMILES string of the molecule is O=C(O)c1cc(C(=O)O)c(COCCCOCO)cc1COCCCOCO. The van der Waals surface area contributed by atoms with Gasteiger partial charge in [0.25, 0.3) is 0 Å². The zero-order valence-corrected chi connectivity index (χ0v) is 15.5. The van der Waals surface area contributed by atoms with Gasteiger partial charge in [-0.05, 0) is 36.1 Å². The summed E-state index contributed by atoms with van der Waals surface area (Å²) in [4.78, 5) is 23.0. The molecule has 0 aliphatic heterocycles. The molecule has 0 fully saturated rings. The van der Waals surface area contributed by atoms with Crippen LogP contribution in [0.4, 0.5) is 0 Å². The van der Waals surface area contributed by atoms with Crippen LogP contribution in [0.1, 0.15) is 44.7 Å². The number of benzene rings is 1. The fraction of sp³-hybridized carbons (Fsp3) is 0.556. The predicted octanol–water partition coefficient (Wildman–Crippen LogP) is 0.829. The van der Waals surface area contributed by atoms with Crippen molar-refractivity contribution in [2.45, 2.75) is 26.1 Å². The Bertz CT molecular complexity index is 567. The second-order valence-electron chi connectivity index (χ2n) is 5.66. The summed E-state index contributed by atoms with van der Waals surface area (Å²) < 4.78 is 20.4. The number of aromatic carboxylic acids is 2. The Morgan fingerprint density at radius 3 is 1.43 bits per heavy atom. The van der Waals surface area contributed by atoms with E-state index >= 15 is 0 Å². The van der Waals surface area contributed by atoms with Crippen LogP contribution in [0.3, 0.4) is 0 Å². The van der Waals surface area contributed by atoms with Crippen LogP contribution in [-0.4, -0.2) is 72.4 Å². The van der Waals surface area contributed by atoms with Gasteiger partial charge in [-0.15, -0.1) is 0 Å². The van der Waals surface area contributed by atoms with Crippen LogP contribution in [0.15, 0.2) is 12.1 Å². The lowest BCUT2D eigenvalue weighted by Gasteiger charge is -2.13. The molecule has 0 atom stereocenters. The van der Waals surface area contributed by atoms with Crippen LogP contribution in [0, 0.1) is 0 Å². The van der Waals surface area contributed by atoms with Gasteiger partial charge in [-0.1, -0.05) is 0 Å². The molecule has 10 nitrogen and oxygen atoms in total. The zero-order chi connectivity index (χ0) is 20.8. The van der Waals surface area contributed by atoms with Crippen LogP contribution in [0.25, 0.3) is 0 Å². The molecule has 1 rings (SSSR count). The van der Waals surface area contributed by atoms with Crippen molar-refractivity contribution >= 4 is 11.9 Å². The average Bonchev–Trinajstić information content (AvgIpc) is 2.66. The second kappa shape index (κ2) is 14.0. The third kappa shape index (κ3) is 8.74. The van der Waals surface area contributed by atoms with Gasteiger partial charge in [0.1, 0.15) is 13.6 Å². The standard InChI is InChI=1S/C18H26O10/c19-11-27-5-1-3-25-9-13-7-14(10-26-4-2-6-28-12-20)16(18(23)24)8-15(13)17(21)22/h7-8,19-20H,1-6,9-12H2,(H,21,22)(H,23,24). The molecule has 0 saturated heterocycles. The number of ether oxygens (including phenoxy) is 4. The minimum atomic E-state index is -1.25. The largest absolute Gasteiger partial charge is 0.478 e. The highest BCUT2D eigenvalue weighted by Gasteiger charge is 2.19. The smallest absolute Gasteiger partial charge is 0.336 e. The predicted molar refractivity (Wildman–Crippen MR) is 95.0 cm³/mol. The number of hydrogen-bond donors (Lipinski definition) is 4. The molecule has 0 aliphatic carbocycles. The van der Waals surface area contributed by atoms with E-state index in [0.29, 0.717) is 37.2 Å². The zero-order valence-electron chi connectivity index (χ0n) is 15.5. The quantitative estimate of drug-likeness (QED) is 0.231. The lowest BCUT2D eigenvalue weighted by molar-refractivity contribution is -0.0118. The van der Waals surface area contributed by atoms with Crippen molar-refractivity contribution < 1.29 is 49.0 Å². The van der Waals surface area contributed by atoms with Crippen molar-refractivity contribution in [2.75, 3.05) is 40.0 Å². The average molecular weight is 402 g/mol. The number of aliphatic hydroxyl groups excluding tert-OH is 2. The van der Waals surface area contributed by atoms with Gasteiger partial charge in [0, 0.05) is 13.2 Å². The number of hydrogen-bond acceptors (Lipinski definition) is 8. The van der Waals surface area contributed by atoms with E-state index in [9.17, 15) is 19.8 Å². The topological polar surface area (TPSA) is 152 Å². The Morgan fingerprint density at radius 2 is 1.07 bits per heavy atom. The Labute approximate surface area is 162 Å². The highest BCUT2D eigenvalue weighted by Crippen LogP contribution is 2.20. The van der Waals surface area contributed by atoms with E-state index in [1.54, 1.807) is 0 Å². The minimum Gasteiger partial charge on any atom is -0.478 e. The molecular weight excluding hydrogens is 376 g/mol. The second-order valence-corrected chi connectivity index (χ2v) is 5.66. The van der Waals surface area contributed by atoms with Crippen LogP contribution in [-0.2, 0) is 32.2 Å². The lowest BCUT2D eigenvalue weighted by Crippen LogP contribution is -2.12. The van der Waals surface area contributed by atoms with E-state index < -0.39 is 11.9 Å². The molecule has 0 unspecified atom stereocenters. The summed E-state index contributed by atoms with van der Waals surface area (Å²) in [5.74, 6) is -2.50. The molecule has 0 saturated carbocycles. The van der Waals surface area contributed by atoms with Crippen molar-refractivity contribution in [1.82, 2.24) is 0 Å². The number of carboxylic acid groups (broad SMARTS) is 2. The highest BCUT2D eigenvalue weighted by atomic mass is 16.6. The summed E-state index contributed by atoms with van der Waals surface area (Å²) in [5.41, 5.74) is 0.374. The molecule has 1 aromatic carbocycles. The van der Waals surface area contributed by atoms with Crippen LogP contribution < -0.4 is 0 Å². The molecular formula is C18H26O10. The molecule has 1 aromatic rings. The maximum atomic E-state index is 11.5. The summed E-state index contributed by atoms with van der Waals surface area (Å²) in [5, 5.41) is 35.8. The molecule has 158 valence electrons. The number of carboxylic acids is 2. The first-order chi connectivity index (χ1) is 13.5. The van der Waals surface area contributed by atoms with Crippen LogP contribution in [0.2, 0.25) is 0 Å².